The standard InChI is InChI=1S/C12H18N2O3S/c1-3-18(17)9-8-13-10(2)11-6-4-5-7-12(11)14(15)16/h4-7,10,13H,3,8-9H2,1-2H3. The lowest BCUT2D eigenvalue weighted by Gasteiger charge is -2.13. The molecule has 5 nitrogen and oxygen atoms in total. The first-order valence-corrected chi connectivity index (χ1v) is 7.36. The first kappa shape index (κ1) is 14.8. The van der Waals surface area contributed by atoms with Crippen molar-refractivity contribution in [2.45, 2.75) is 19.9 Å². The Morgan fingerprint density at radius 3 is 2.72 bits per heavy atom. The van der Waals surface area contributed by atoms with Crippen molar-refractivity contribution in [1.82, 2.24) is 5.32 Å². The number of rotatable bonds is 7. The van der Waals surface area contributed by atoms with Gasteiger partial charge in [-0.25, -0.2) is 0 Å². The highest BCUT2D eigenvalue weighted by Gasteiger charge is 2.17. The molecule has 0 aliphatic carbocycles. The van der Waals surface area contributed by atoms with Gasteiger partial charge in [-0.3, -0.25) is 14.3 Å². The fourth-order valence-corrected chi connectivity index (χ4v) is 2.30. The average Bonchev–Trinajstić information content (AvgIpc) is 2.38. The molecule has 0 fully saturated rings. The summed E-state index contributed by atoms with van der Waals surface area (Å²) in [5.74, 6) is 1.21. The lowest BCUT2D eigenvalue weighted by molar-refractivity contribution is -0.385. The summed E-state index contributed by atoms with van der Waals surface area (Å²) in [5, 5.41) is 14.0. The first-order valence-electron chi connectivity index (χ1n) is 5.88. The van der Waals surface area contributed by atoms with Crippen molar-refractivity contribution in [3.63, 3.8) is 0 Å². The Hall–Kier alpha value is -1.27. The molecule has 1 rings (SSSR count). The monoisotopic (exact) mass is 270 g/mol. The number of benzene rings is 1. The summed E-state index contributed by atoms with van der Waals surface area (Å²) in [5.41, 5.74) is 0.777. The third-order valence-corrected chi connectivity index (χ3v) is 4.01. The Labute approximate surface area is 109 Å². The Morgan fingerprint density at radius 2 is 2.11 bits per heavy atom. The second-order valence-corrected chi connectivity index (χ2v) is 5.79. The molecule has 0 saturated carbocycles. The first-order chi connectivity index (χ1) is 8.56. The number of para-hydroxylation sites is 1. The van der Waals surface area contributed by atoms with Gasteiger partial charge in [-0.15, -0.1) is 0 Å². The molecule has 100 valence electrons. The third kappa shape index (κ3) is 4.19. The number of hydrogen-bond acceptors (Lipinski definition) is 4. The Kier molecular flexibility index (Phi) is 5.94. The van der Waals surface area contributed by atoms with Crippen LogP contribution in [0.1, 0.15) is 25.5 Å². The van der Waals surface area contributed by atoms with E-state index in [2.05, 4.69) is 5.32 Å². The molecule has 1 N–H and O–H groups in total. The van der Waals surface area contributed by atoms with Crippen LogP contribution in [0.4, 0.5) is 5.69 Å². The molecule has 0 heterocycles. The van der Waals surface area contributed by atoms with Crippen molar-refractivity contribution in [2.75, 3.05) is 18.1 Å². The summed E-state index contributed by atoms with van der Waals surface area (Å²) in [4.78, 5) is 10.5. The number of nitrogens with one attached hydrogen (secondary N) is 1. The zero-order valence-electron chi connectivity index (χ0n) is 10.6. The lowest BCUT2D eigenvalue weighted by atomic mass is 10.1. The molecule has 0 aliphatic heterocycles. The molecule has 1 aromatic rings. The van der Waals surface area contributed by atoms with Crippen LogP contribution in [0.15, 0.2) is 24.3 Å². The molecule has 0 aromatic heterocycles. The second-order valence-electron chi connectivity index (χ2n) is 3.92. The topological polar surface area (TPSA) is 72.2 Å². The van der Waals surface area contributed by atoms with E-state index in [1.807, 2.05) is 13.8 Å². The van der Waals surface area contributed by atoms with Crippen LogP contribution in [0.25, 0.3) is 0 Å². The normalized spacial score (nSPS) is 14.1. The molecule has 0 saturated heterocycles. The van der Waals surface area contributed by atoms with Crippen molar-refractivity contribution in [1.29, 1.82) is 0 Å². The number of hydrogen-bond donors (Lipinski definition) is 1. The zero-order valence-corrected chi connectivity index (χ0v) is 11.4. The Balaban J connectivity index is 2.64. The summed E-state index contributed by atoms with van der Waals surface area (Å²) >= 11 is 0. The number of nitrogens with zero attached hydrogens (tertiary/aromatic N) is 1. The highest BCUT2D eigenvalue weighted by Crippen LogP contribution is 2.23. The molecule has 0 aliphatic rings. The van der Waals surface area contributed by atoms with E-state index in [-0.39, 0.29) is 16.7 Å². The summed E-state index contributed by atoms with van der Waals surface area (Å²) in [6.07, 6.45) is 0. The van der Waals surface area contributed by atoms with Gasteiger partial charge < -0.3 is 5.32 Å². The van der Waals surface area contributed by atoms with E-state index in [4.69, 9.17) is 0 Å². The van der Waals surface area contributed by atoms with Gasteiger partial charge in [0.1, 0.15) is 0 Å². The van der Waals surface area contributed by atoms with Crippen LogP contribution >= 0.6 is 0 Å². The van der Waals surface area contributed by atoms with E-state index in [0.717, 1.165) is 0 Å². The van der Waals surface area contributed by atoms with Crippen LogP contribution in [0.3, 0.4) is 0 Å². The maximum absolute atomic E-state index is 11.3. The molecule has 18 heavy (non-hydrogen) atoms. The van der Waals surface area contributed by atoms with Gasteiger partial charge in [0.2, 0.25) is 0 Å². The summed E-state index contributed by atoms with van der Waals surface area (Å²) in [6, 6.07) is 6.55. The van der Waals surface area contributed by atoms with Crippen LogP contribution in [-0.4, -0.2) is 27.2 Å². The van der Waals surface area contributed by atoms with Gasteiger partial charge in [-0.2, -0.15) is 0 Å². The van der Waals surface area contributed by atoms with Crippen molar-refractivity contribution < 1.29 is 9.13 Å². The average molecular weight is 270 g/mol. The molecule has 0 radical (unpaired) electrons. The van der Waals surface area contributed by atoms with Gasteiger partial charge in [-0.05, 0) is 6.92 Å². The van der Waals surface area contributed by atoms with Crippen molar-refractivity contribution in [3.8, 4) is 0 Å². The Morgan fingerprint density at radius 1 is 1.44 bits per heavy atom. The van der Waals surface area contributed by atoms with Gasteiger partial charge in [0.05, 0.1) is 4.92 Å². The van der Waals surface area contributed by atoms with Crippen molar-refractivity contribution >= 4 is 16.5 Å². The SMILES string of the molecule is CCS(=O)CCNC(C)c1ccccc1[N+](=O)[O-]. The zero-order chi connectivity index (χ0) is 13.5. The highest BCUT2D eigenvalue weighted by atomic mass is 32.2. The smallest absolute Gasteiger partial charge is 0.274 e. The molecule has 6 heteroatoms. The molecule has 2 atom stereocenters. The van der Waals surface area contributed by atoms with E-state index in [0.29, 0.717) is 23.6 Å². The minimum Gasteiger partial charge on any atom is -0.309 e. The van der Waals surface area contributed by atoms with Crippen LogP contribution in [0.5, 0.6) is 0 Å². The predicted molar refractivity (Wildman–Crippen MR) is 73.1 cm³/mol. The minimum atomic E-state index is -0.810. The number of nitro benzene ring substituents is 1. The molecular weight excluding hydrogens is 252 g/mol. The quantitative estimate of drug-likeness (QED) is 0.607. The maximum Gasteiger partial charge on any atom is 0.274 e. The number of nitro groups is 1. The second kappa shape index (κ2) is 7.23. The summed E-state index contributed by atoms with van der Waals surface area (Å²) < 4.78 is 11.3. The van der Waals surface area contributed by atoms with Crippen LogP contribution in [0, 0.1) is 10.1 Å². The fraction of sp³-hybridized carbons (Fsp3) is 0.500. The van der Waals surface area contributed by atoms with Crippen molar-refractivity contribution in [3.05, 3.63) is 39.9 Å². The summed E-state index contributed by atoms with van der Waals surface area (Å²) in [6.45, 7) is 4.34. The third-order valence-electron chi connectivity index (χ3n) is 2.70. The predicted octanol–water partition coefficient (Wildman–Crippen LogP) is 2.01. The maximum atomic E-state index is 11.3. The lowest BCUT2D eigenvalue weighted by Crippen LogP contribution is -2.24. The van der Waals surface area contributed by atoms with Gasteiger partial charge in [0.25, 0.3) is 5.69 Å². The minimum absolute atomic E-state index is 0.120. The van der Waals surface area contributed by atoms with Gasteiger partial charge in [0.15, 0.2) is 0 Å². The van der Waals surface area contributed by atoms with Crippen LogP contribution < -0.4 is 5.32 Å². The van der Waals surface area contributed by atoms with Crippen molar-refractivity contribution in [2.24, 2.45) is 0 Å². The molecule has 0 amide bonds. The molecule has 0 bridgehead atoms. The molecule has 1 aromatic carbocycles. The molecule has 2 unspecified atom stereocenters. The molecule has 0 spiro atoms. The van der Waals surface area contributed by atoms with Crippen LogP contribution in [0.2, 0.25) is 0 Å². The summed E-state index contributed by atoms with van der Waals surface area (Å²) in [7, 11) is -0.810. The Bertz CT molecular complexity index is 437. The van der Waals surface area contributed by atoms with Gasteiger partial charge in [-0.1, -0.05) is 25.1 Å². The molecular formula is C12H18N2O3S. The van der Waals surface area contributed by atoms with Crippen LogP contribution in [-0.2, 0) is 10.8 Å². The largest absolute Gasteiger partial charge is 0.309 e. The van der Waals surface area contributed by atoms with Gasteiger partial charge in [0, 0.05) is 46.5 Å². The highest BCUT2D eigenvalue weighted by molar-refractivity contribution is 7.84. The van der Waals surface area contributed by atoms with E-state index >= 15 is 0 Å². The van der Waals surface area contributed by atoms with Gasteiger partial charge >= 0.3 is 0 Å². The fourth-order valence-electron chi connectivity index (χ4n) is 1.66. The van der Waals surface area contributed by atoms with E-state index in [1.165, 1.54) is 6.07 Å². The van der Waals surface area contributed by atoms with E-state index < -0.39 is 10.8 Å². The van der Waals surface area contributed by atoms with E-state index in [9.17, 15) is 14.3 Å². The van der Waals surface area contributed by atoms with E-state index in [1.54, 1.807) is 18.2 Å².